The molecule has 2 amide bonds. The molecule has 1 aromatic heterocycles. The molecule has 0 aliphatic carbocycles. The molecular weight excluding hydrogens is 281 g/mol. The van der Waals surface area contributed by atoms with Crippen LogP contribution in [0.3, 0.4) is 0 Å². The van der Waals surface area contributed by atoms with Crippen molar-refractivity contribution in [3.8, 4) is 0 Å². The Kier molecular flexibility index (Phi) is 4.44. The van der Waals surface area contributed by atoms with Gasteiger partial charge in [-0.3, -0.25) is 10.1 Å². The fraction of sp³-hybridized carbons (Fsp3) is 0.167. The van der Waals surface area contributed by atoms with Crippen molar-refractivity contribution in [3.05, 3.63) is 36.3 Å². The van der Waals surface area contributed by atoms with Crippen molar-refractivity contribution >= 4 is 23.5 Å². The first-order valence-electron chi connectivity index (χ1n) is 5.87. The zero-order chi connectivity index (χ0) is 15.2. The fourth-order valence-corrected chi connectivity index (χ4v) is 1.47. The maximum atomic E-state index is 12.7. The number of nitrogens with one attached hydrogen (secondary N) is 2. The normalized spacial score (nSPS) is 10.0. The first-order chi connectivity index (χ1) is 10.1. The van der Waals surface area contributed by atoms with Crippen molar-refractivity contribution < 1.29 is 18.7 Å². The summed E-state index contributed by atoms with van der Waals surface area (Å²) >= 11 is 0. The quantitative estimate of drug-likeness (QED) is 0.883. The Bertz CT molecular complexity index is 641. The van der Waals surface area contributed by atoms with Crippen LogP contribution >= 0.6 is 0 Å². The van der Waals surface area contributed by atoms with Gasteiger partial charge in [-0.2, -0.15) is 0 Å². The third-order valence-corrected chi connectivity index (χ3v) is 2.39. The molecule has 2 aromatic rings. The lowest BCUT2D eigenvalue weighted by molar-refractivity contribution is -0.116. The van der Waals surface area contributed by atoms with Crippen LogP contribution in [0.15, 0.2) is 30.5 Å². The van der Waals surface area contributed by atoms with Gasteiger partial charge in [0.1, 0.15) is 12.4 Å². The molecule has 9 heteroatoms. The van der Waals surface area contributed by atoms with E-state index in [1.807, 2.05) is 0 Å². The van der Waals surface area contributed by atoms with Crippen molar-refractivity contribution in [1.29, 1.82) is 0 Å². The molecule has 0 aliphatic rings. The highest BCUT2D eigenvalue weighted by Gasteiger charge is 2.08. The Labute approximate surface area is 118 Å². The molecule has 0 spiro atoms. The number of hydrogen-bond donors (Lipinski definition) is 2. The molecule has 0 bridgehead atoms. The Morgan fingerprint density at radius 3 is 2.67 bits per heavy atom. The average Bonchev–Trinajstić information content (AvgIpc) is 2.88. The van der Waals surface area contributed by atoms with Crippen LogP contribution in [0.25, 0.3) is 0 Å². The van der Waals surface area contributed by atoms with Gasteiger partial charge in [-0.05, 0) is 24.3 Å². The minimum atomic E-state index is -0.683. The van der Waals surface area contributed by atoms with Gasteiger partial charge in [-0.15, -0.1) is 5.10 Å². The highest BCUT2D eigenvalue weighted by molar-refractivity contribution is 5.90. The smallest absolute Gasteiger partial charge is 0.412 e. The number of benzene rings is 1. The highest BCUT2D eigenvalue weighted by Crippen LogP contribution is 2.08. The Hall–Kier alpha value is -2.97. The molecule has 2 rings (SSSR count). The summed E-state index contributed by atoms with van der Waals surface area (Å²) in [7, 11) is 1.22. The molecule has 8 nitrogen and oxygen atoms in total. The first kappa shape index (κ1) is 14.4. The molecule has 0 saturated heterocycles. The summed E-state index contributed by atoms with van der Waals surface area (Å²) in [6, 6.07) is 5.37. The van der Waals surface area contributed by atoms with Crippen LogP contribution in [0.1, 0.15) is 0 Å². The zero-order valence-corrected chi connectivity index (χ0v) is 11.0. The lowest BCUT2D eigenvalue weighted by Crippen LogP contribution is -2.19. The summed E-state index contributed by atoms with van der Waals surface area (Å²) in [4.78, 5) is 22.7. The summed E-state index contributed by atoms with van der Waals surface area (Å²) in [5.41, 5.74) is 0.467. The number of aromatic nitrogens is 3. The molecule has 1 aromatic carbocycles. The number of halogens is 1. The third-order valence-electron chi connectivity index (χ3n) is 2.39. The van der Waals surface area contributed by atoms with Crippen molar-refractivity contribution in [2.24, 2.45) is 0 Å². The zero-order valence-electron chi connectivity index (χ0n) is 11.0. The van der Waals surface area contributed by atoms with Gasteiger partial charge < -0.3 is 10.1 Å². The van der Waals surface area contributed by atoms with Crippen molar-refractivity contribution in [1.82, 2.24) is 15.0 Å². The van der Waals surface area contributed by atoms with Crippen LogP contribution in [-0.2, 0) is 16.1 Å². The highest BCUT2D eigenvalue weighted by atomic mass is 19.1. The Morgan fingerprint density at radius 2 is 2.00 bits per heavy atom. The third kappa shape index (κ3) is 4.27. The molecule has 2 N–H and O–H groups in total. The molecule has 0 radical (unpaired) electrons. The molecule has 0 fully saturated rings. The standard InChI is InChI=1S/C12H12FN5O3/c1-21-12(20)15-10-6-18(17-16-10)7-11(19)14-9-4-2-8(13)3-5-9/h2-6H,7H2,1H3,(H,14,19)(H,15,20). The fourth-order valence-electron chi connectivity index (χ4n) is 1.47. The van der Waals surface area contributed by atoms with Crippen molar-refractivity contribution in [2.45, 2.75) is 6.54 Å². The number of nitrogens with zero attached hydrogens (tertiary/aromatic N) is 3. The molecule has 110 valence electrons. The number of carbonyl (C=O) groups is 2. The van der Waals surface area contributed by atoms with E-state index in [9.17, 15) is 14.0 Å². The van der Waals surface area contributed by atoms with Gasteiger partial charge in [0.15, 0.2) is 5.82 Å². The van der Waals surface area contributed by atoms with Crippen LogP contribution in [0.2, 0.25) is 0 Å². The predicted molar refractivity (Wildman–Crippen MR) is 71.1 cm³/mol. The minimum absolute atomic E-state index is 0.104. The van der Waals surface area contributed by atoms with E-state index in [2.05, 4.69) is 25.7 Å². The molecule has 0 atom stereocenters. The minimum Gasteiger partial charge on any atom is -0.453 e. The second-order valence-electron chi connectivity index (χ2n) is 3.97. The van der Waals surface area contributed by atoms with Crippen LogP contribution in [-0.4, -0.2) is 34.1 Å². The summed E-state index contributed by atoms with van der Waals surface area (Å²) in [6.45, 7) is -0.104. The lowest BCUT2D eigenvalue weighted by Gasteiger charge is -2.04. The van der Waals surface area contributed by atoms with Gasteiger partial charge in [-0.1, -0.05) is 5.21 Å². The predicted octanol–water partition coefficient (Wildman–Crippen LogP) is 1.23. The van der Waals surface area contributed by atoms with Gasteiger partial charge in [0, 0.05) is 5.69 Å². The largest absolute Gasteiger partial charge is 0.453 e. The van der Waals surface area contributed by atoms with Gasteiger partial charge in [0.2, 0.25) is 5.91 Å². The molecule has 1 heterocycles. The number of carbonyl (C=O) groups excluding carboxylic acids is 2. The van der Waals surface area contributed by atoms with Crippen molar-refractivity contribution in [3.63, 3.8) is 0 Å². The summed E-state index contributed by atoms with van der Waals surface area (Å²) in [5.74, 6) is -0.588. The Balaban J connectivity index is 1.90. The molecular formula is C12H12FN5O3. The number of anilines is 2. The second kappa shape index (κ2) is 6.46. The number of amides is 2. The number of ether oxygens (including phenoxy) is 1. The second-order valence-corrected chi connectivity index (χ2v) is 3.97. The molecule has 21 heavy (non-hydrogen) atoms. The number of rotatable bonds is 4. The summed E-state index contributed by atoms with van der Waals surface area (Å²) in [6.07, 6.45) is 0.694. The van der Waals surface area contributed by atoms with E-state index in [0.29, 0.717) is 5.69 Å². The van der Waals surface area contributed by atoms with Crippen LogP contribution in [0, 0.1) is 5.82 Å². The van der Waals surface area contributed by atoms with Crippen LogP contribution in [0.5, 0.6) is 0 Å². The SMILES string of the molecule is COC(=O)Nc1cn(CC(=O)Nc2ccc(F)cc2)nn1. The number of hydrogen-bond acceptors (Lipinski definition) is 5. The molecule has 0 unspecified atom stereocenters. The lowest BCUT2D eigenvalue weighted by atomic mass is 10.3. The van der Waals surface area contributed by atoms with E-state index in [1.165, 1.54) is 42.3 Å². The summed E-state index contributed by atoms with van der Waals surface area (Å²) < 4.78 is 18.4. The van der Waals surface area contributed by atoms with E-state index in [4.69, 9.17) is 0 Å². The van der Waals surface area contributed by atoms with Gasteiger partial charge >= 0.3 is 6.09 Å². The maximum Gasteiger partial charge on any atom is 0.412 e. The summed E-state index contributed by atoms with van der Waals surface area (Å²) in [5, 5.41) is 12.2. The number of methoxy groups -OCH3 is 1. The van der Waals surface area contributed by atoms with Gasteiger partial charge in [0.25, 0.3) is 0 Å². The van der Waals surface area contributed by atoms with E-state index in [-0.39, 0.29) is 24.1 Å². The van der Waals surface area contributed by atoms with Crippen LogP contribution < -0.4 is 10.6 Å². The molecule has 0 saturated carbocycles. The molecule has 0 aliphatic heterocycles. The van der Waals surface area contributed by atoms with E-state index in [0.717, 1.165) is 0 Å². The average molecular weight is 293 g/mol. The van der Waals surface area contributed by atoms with Crippen LogP contribution in [0.4, 0.5) is 20.7 Å². The van der Waals surface area contributed by atoms with Gasteiger partial charge in [0.05, 0.1) is 13.3 Å². The van der Waals surface area contributed by atoms with E-state index in [1.54, 1.807) is 0 Å². The van der Waals surface area contributed by atoms with Crippen molar-refractivity contribution in [2.75, 3.05) is 17.7 Å². The Morgan fingerprint density at radius 1 is 1.29 bits per heavy atom. The van der Waals surface area contributed by atoms with E-state index < -0.39 is 6.09 Å². The monoisotopic (exact) mass is 293 g/mol. The first-order valence-corrected chi connectivity index (χ1v) is 5.87. The van der Waals surface area contributed by atoms with E-state index >= 15 is 0 Å². The maximum absolute atomic E-state index is 12.7. The topological polar surface area (TPSA) is 98.1 Å². The van der Waals surface area contributed by atoms with Gasteiger partial charge in [-0.25, -0.2) is 13.9 Å².